The van der Waals surface area contributed by atoms with Gasteiger partial charge in [-0.05, 0) is 53.3 Å². The highest BCUT2D eigenvalue weighted by atomic mass is 19.1. The molecule has 5 rings (SSSR count). The highest BCUT2D eigenvalue weighted by Gasteiger charge is 2.49. The first-order valence-electron chi connectivity index (χ1n) is 14.0. The smallest absolute Gasteiger partial charge is 0.309 e. The molecule has 3 aromatic rings. The first kappa shape index (κ1) is 29.3. The number of carbonyl (C=O) groups is 2. The number of anilines is 1. The van der Waals surface area contributed by atoms with E-state index in [0.29, 0.717) is 17.1 Å². The van der Waals surface area contributed by atoms with E-state index in [9.17, 15) is 14.7 Å². The third-order valence-electron chi connectivity index (χ3n) is 7.95. The van der Waals surface area contributed by atoms with Gasteiger partial charge in [-0.1, -0.05) is 44.2 Å². The average Bonchev–Trinajstić information content (AvgIpc) is 3.60. The van der Waals surface area contributed by atoms with Crippen molar-refractivity contribution >= 4 is 17.6 Å². The second kappa shape index (κ2) is 12.8. The Bertz CT molecular complexity index is 1420. The van der Waals surface area contributed by atoms with Crippen LogP contribution in [0, 0.1) is 11.7 Å². The fourth-order valence-electron chi connectivity index (χ4n) is 5.98. The maximum atomic E-state index is 15.4. The summed E-state index contributed by atoms with van der Waals surface area (Å²) in [7, 11) is 1.52. The maximum absolute atomic E-state index is 15.4. The molecular weight excluding hydrogens is 543 g/mol. The van der Waals surface area contributed by atoms with Gasteiger partial charge >= 0.3 is 5.97 Å². The molecule has 9 nitrogen and oxygen atoms in total. The summed E-state index contributed by atoms with van der Waals surface area (Å²) in [6.07, 6.45) is 1.50. The van der Waals surface area contributed by atoms with Crippen molar-refractivity contribution in [2.24, 2.45) is 5.92 Å². The van der Waals surface area contributed by atoms with Gasteiger partial charge < -0.3 is 29.4 Å². The molecule has 2 heterocycles. The molecule has 42 heavy (non-hydrogen) atoms. The molecule has 3 atom stereocenters. The van der Waals surface area contributed by atoms with E-state index in [2.05, 4.69) is 5.32 Å². The van der Waals surface area contributed by atoms with Gasteiger partial charge in [0.2, 0.25) is 12.7 Å². The monoisotopic (exact) mass is 578 g/mol. The molecule has 0 aliphatic carbocycles. The summed E-state index contributed by atoms with van der Waals surface area (Å²) in [6.45, 7) is 4.16. The number of amides is 1. The Labute approximate surface area is 244 Å². The van der Waals surface area contributed by atoms with Crippen LogP contribution in [-0.4, -0.2) is 55.7 Å². The Morgan fingerprint density at radius 1 is 1.05 bits per heavy atom. The molecule has 2 N–H and O–H groups in total. The van der Waals surface area contributed by atoms with Gasteiger partial charge in [-0.25, -0.2) is 4.39 Å². The van der Waals surface area contributed by atoms with E-state index in [0.717, 1.165) is 29.7 Å². The number of fused-ring (bicyclic) bond motifs is 1. The topological polar surface area (TPSA) is 107 Å². The molecule has 0 bridgehead atoms. The van der Waals surface area contributed by atoms with E-state index in [-0.39, 0.29) is 43.9 Å². The first-order chi connectivity index (χ1) is 20.3. The molecule has 10 heteroatoms. The minimum absolute atomic E-state index is 0.0311. The molecule has 1 unspecified atom stereocenters. The second-order valence-electron chi connectivity index (χ2n) is 10.4. The number of hydrogen-bond acceptors (Lipinski definition) is 7. The van der Waals surface area contributed by atoms with E-state index in [1.54, 1.807) is 24.3 Å². The van der Waals surface area contributed by atoms with E-state index in [1.165, 1.54) is 19.2 Å². The molecule has 0 saturated carbocycles. The second-order valence-corrected chi connectivity index (χ2v) is 10.4. The van der Waals surface area contributed by atoms with Crippen LogP contribution in [0.5, 0.6) is 17.2 Å². The SMILES string of the molecule is CCc1cccc(CC)c1NC(=O)CN1C[C@H](c2cc3c(cc2F)OCO3)C(C(=O)O)[C@@H]1c1ccc(OCOC)cc1. The molecular formula is C32H35FN2O7. The van der Waals surface area contributed by atoms with Crippen molar-refractivity contribution in [2.75, 3.05) is 39.1 Å². The van der Waals surface area contributed by atoms with Crippen LogP contribution in [0.3, 0.4) is 0 Å². The number of rotatable bonds is 11. The molecule has 1 amide bonds. The molecule has 0 spiro atoms. The summed E-state index contributed by atoms with van der Waals surface area (Å²) in [4.78, 5) is 28.2. The van der Waals surface area contributed by atoms with Crippen molar-refractivity contribution in [3.8, 4) is 17.2 Å². The van der Waals surface area contributed by atoms with Gasteiger partial charge in [0.05, 0.1) is 12.5 Å². The number of methoxy groups -OCH3 is 1. The van der Waals surface area contributed by atoms with Gasteiger partial charge in [-0.2, -0.15) is 0 Å². The van der Waals surface area contributed by atoms with Gasteiger partial charge in [-0.15, -0.1) is 0 Å². The Morgan fingerprint density at radius 2 is 1.71 bits per heavy atom. The van der Waals surface area contributed by atoms with Crippen LogP contribution in [-0.2, 0) is 27.2 Å². The van der Waals surface area contributed by atoms with Gasteiger partial charge in [0, 0.05) is 37.4 Å². The summed E-state index contributed by atoms with van der Waals surface area (Å²) in [5.41, 5.74) is 3.72. The van der Waals surface area contributed by atoms with Gasteiger partial charge in [0.25, 0.3) is 0 Å². The number of carbonyl (C=O) groups excluding carboxylic acids is 1. The lowest BCUT2D eigenvalue weighted by molar-refractivity contribution is -0.143. The number of halogens is 1. The molecule has 0 radical (unpaired) electrons. The lowest BCUT2D eigenvalue weighted by atomic mass is 9.82. The van der Waals surface area contributed by atoms with Crippen LogP contribution in [0.4, 0.5) is 10.1 Å². The van der Waals surface area contributed by atoms with Gasteiger partial charge in [-0.3, -0.25) is 14.5 Å². The van der Waals surface area contributed by atoms with Crippen LogP contribution in [0.1, 0.15) is 48.1 Å². The number of carboxylic acid groups (broad SMARTS) is 1. The van der Waals surface area contributed by atoms with Crippen LogP contribution < -0.4 is 19.5 Å². The number of carboxylic acids is 1. The Balaban J connectivity index is 1.50. The normalized spacial score (nSPS) is 19.6. The van der Waals surface area contributed by atoms with Crippen LogP contribution >= 0.6 is 0 Å². The van der Waals surface area contributed by atoms with Gasteiger partial charge in [0.1, 0.15) is 11.6 Å². The molecule has 222 valence electrons. The fourth-order valence-corrected chi connectivity index (χ4v) is 5.98. The number of nitrogens with zero attached hydrogens (tertiary/aromatic N) is 1. The summed E-state index contributed by atoms with van der Waals surface area (Å²) < 4.78 is 36.7. The summed E-state index contributed by atoms with van der Waals surface area (Å²) in [5.74, 6) is -2.54. The quantitative estimate of drug-likeness (QED) is 0.301. The number of aryl methyl sites for hydroxylation is 2. The zero-order valence-corrected chi connectivity index (χ0v) is 23.9. The summed E-state index contributed by atoms with van der Waals surface area (Å²) in [6, 6.07) is 15.0. The number of ether oxygens (including phenoxy) is 4. The average molecular weight is 579 g/mol. The van der Waals surface area contributed by atoms with Crippen molar-refractivity contribution in [3.05, 3.63) is 82.7 Å². The molecule has 2 aliphatic rings. The van der Waals surface area contributed by atoms with Crippen LogP contribution in [0.25, 0.3) is 0 Å². The summed E-state index contributed by atoms with van der Waals surface area (Å²) >= 11 is 0. The third kappa shape index (κ3) is 5.91. The number of likely N-dealkylation sites (tertiary alicyclic amines) is 1. The molecule has 1 saturated heterocycles. The largest absolute Gasteiger partial charge is 0.481 e. The van der Waals surface area contributed by atoms with Crippen molar-refractivity contribution in [1.29, 1.82) is 0 Å². The third-order valence-corrected chi connectivity index (χ3v) is 7.95. The highest BCUT2D eigenvalue weighted by molar-refractivity contribution is 5.94. The zero-order valence-electron chi connectivity index (χ0n) is 23.9. The van der Waals surface area contributed by atoms with Crippen molar-refractivity contribution in [3.63, 3.8) is 0 Å². The Morgan fingerprint density at radius 3 is 2.33 bits per heavy atom. The molecule has 0 aromatic heterocycles. The van der Waals surface area contributed by atoms with E-state index >= 15 is 4.39 Å². The molecule has 1 fully saturated rings. The van der Waals surface area contributed by atoms with Crippen molar-refractivity contribution < 1.29 is 38.0 Å². The lowest BCUT2D eigenvalue weighted by Gasteiger charge is -2.27. The van der Waals surface area contributed by atoms with E-state index in [4.69, 9.17) is 18.9 Å². The first-order valence-corrected chi connectivity index (χ1v) is 14.0. The number of aliphatic carboxylic acids is 1. The Hall–Kier alpha value is -4.15. The number of nitrogens with one attached hydrogen (secondary N) is 1. The fraction of sp³-hybridized carbons (Fsp3) is 0.375. The Kier molecular flexibility index (Phi) is 8.94. The minimum atomic E-state index is -1.09. The van der Waals surface area contributed by atoms with Crippen molar-refractivity contribution in [2.45, 2.75) is 38.6 Å². The number of hydrogen-bond donors (Lipinski definition) is 2. The van der Waals surface area contributed by atoms with Crippen LogP contribution in [0.15, 0.2) is 54.6 Å². The van der Waals surface area contributed by atoms with Crippen LogP contribution in [0.2, 0.25) is 0 Å². The maximum Gasteiger partial charge on any atom is 0.309 e. The highest BCUT2D eigenvalue weighted by Crippen LogP contribution is 2.48. The minimum Gasteiger partial charge on any atom is -0.481 e. The lowest BCUT2D eigenvalue weighted by Crippen LogP contribution is -2.35. The standard InChI is InChI=1S/C32H35FN2O7/c1-4-19-7-6-8-20(5-2)30(19)34-28(36)16-35-15-24(23-13-26-27(14-25(23)33)42-18-41-26)29(32(37)38)31(35)21-9-11-22(12-10-21)40-17-39-3/h6-14,24,29,31H,4-5,15-18H2,1-3H3,(H,34,36)(H,37,38)/t24-,29?,31+/m1/s1. The summed E-state index contributed by atoms with van der Waals surface area (Å²) in [5, 5.41) is 13.6. The van der Waals surface area contributed by atoms with E-state index < -0.39 is 29.7 Å². The predicted molar refractivity (Wildman–Crippen MR) is 153 cm³/mol. The zero-order chi connectivity index (χ0) is 29.8. The van der Waals surface area contributed by atoms with E-state index in [1.807, 2.05) is 36.9 Å². The van der Waals surface area contributed by atoms with Gasteiger partial charge in [0.15, 0.2) is 18.3 Å². The predicted octanol–water partition coefficient (Wildman–Crippen LogP) is 5.14. The molecule has 2 aliphatic heterocycles. The van der Waals surface area contributed by atoms with Crippen molar-refractivity contribution in [1.82, 2.24) is 4.90 Å². The number of benzene rings is 3. The molecule has 3 aromatic carbocycles. The number of para-hydroxylation sites is 1.